The van der Waals surface area contributed by atoms with Gasteiger partial charge in [0.05, 0.1) is 18.1 Å². The summed E-state index contributed by atoms with van der Waals surface area (Å²) < 4.78 is 5.90. The van der Waals surface area contributed by atoms with Gasteiger partial charge in [0.25, 0.3) is 0 Å². The van der Waals surface area contributed by atoms with E-state index in [0.29, 0.717) is 52.9 Å². The van der Waals surface area contributed by atoms with Crippen LogP contribution in [0.5, 0.6) is 5.75 Å². The van der Waals surface area contributed by atoms with Crippen LogP contribution >= 0.6 is 23.2 Å². The third-order valence-electron chi connectivity index (χ3n) is 4.54. The molecule has 3 aromatic rings. The van der Waals surface area contributed by atoms with Gasteiger partial charge in [0.1, 0.15) is 18.2 Å². The molecule has 0 saturated carbocycles. The number of halogens is 2. The highest BCUT2D eigenvalue weighted by molar-refractivity contribution is 6.34. The third-order valence-corrected chi connectivity index (χ3v) is 5.09. The number of ether oxygens (including phenoxy) is 1. The zero-order valence-corrected chi connectivity index (χ0v) is 17.3. The van der Waals surface area contributed by atoms with Crippen molar-refractivity contribution in [2.75, 3.05) is 23.3 Å². The Morgan fingerprint density at radius 1 is 1.20 bits per heavy atom. The Hall–Kier alpha value is -3.10. The second kappa shape index (κ2) is 8.73. The Bertz CT molecular complexity index is 1070. The van der Waals surface area contributed by atoms with E-state index < -0.39 is 5.91 Å². The predicted molar refractivity (Wildman–Crippen MR) is 115 cm³/mol. The molecule has 0 bridgehead atoms. The average molecular weight is 445 g/mol. The van der Waals surface area contributed by atoms with Crippen LogP contribution in [0.1, 0.15) is 15.9 Å². The van der Waals surface area contributed by atoms with Gasteiger partial charge in [-0.2, -0.15) is 4.98 Å². The summed E-state index contributed by atoms with van der Waals surface area (Å²) in [4.78, 5) is 26.1. The van der Waals surface area contributed by atoms with E-state index >= 15 is 0 Å². The molecular weight excluding hydrogens is 427 g/mol. The molecule has 4 rings (SSSR count). The van der Waals surface area contributed by atoms with Crippen LogP contribution in [0.25, 0.3) is 0 Å². The van der Waals surface area contributed by atoms with Gasteiger partial charge in [0.15, 0.2) is 0 Å². The van der Waals surface area contributed by atoms with E-state index in [2.05, 4.69) is 20.3 Å². The first-order valence-electron chi connectivity index (χ1n) is 9.16. The van der Waals surface area contributed by atoms with E-state index in [4.69, 9.17) is 33.7 Å². The SMILES string of the molecule is NC(=O)c1cccc(CNc2ncnc(N3CC(Oc4cc(Cl)ccc4Cl)C3)n2)c1. The quantitative estimate of drug-likeness (QED) is 0.576. The van der Waals surface area contributed by atoms with Gasteiger partial charge in [0, 0.05) is 23.2 Å². The highest BCUT2D eigenvalue weighted by Crippen LogP contribution is 2.30. The highest BCUT2D eigenvalue weighted by Gasteiger charge is 2.31. The number of benzene rings is 2. The number of carbonyl (C=O) groups excluding carboxylic acids is 1. The Labute approximate surface area is 183 Å². The van der Waals surface area contributed by atoms with Crippen molar-refractivity contribution in [1.29, 1.82) is 0 Å². The standard InChI is InChI=1S/C20H18Cl2N6O2/c21-14-4-5-16(22)17(7-14)30-15-9-28(10-15)20-26-11-25-19(27-20)24-8-12-2-1-3-13(6-12)18(23)29/h1-7,11,15H,8-10H2,(H2,23,29)(H,24,25,26,27). The van der Waals surface area contributed by atoms with Crippen molar-refractivity contribution in [2.24, 2.45) is 5.73 Å². The summed E-state index contributed by atoms with van der Waals surface area (Å²) in [6, 6.07) is 12.2. The van der Waals surface area contributed by atoms with Gasteiger partial charge in [-0.05, 0) is 29.8 Å². The minimum atomic E-state index is -0.465. The fraction of sp³-hybridized carbons (Fsp3) is 0.200. The monoisotopic (exact) mass is 444 g/mol. The lowest BCUT2D eigenvalue weighted by Crippen LogP contribution is -2.54. The number of primary amides is 1. The molecule has 0 atom stereocenters. The molecule has 1 aliphatic heterocycles. The summed E-state index contributed by atoms with van der Waals surface area (Å²) in [7, 11) is 0. The molecule has 0 aliphatic carbocycles. The van der Waals surface area contributed by atoms with Crippen LogP contribution in [-0.4, -0.2) is 40.1 Å². The van der Waals surface area contributed by atoms with Crippen LogP contribution in [0, 0.1) is 0 Å². The first kappa shape index (κ1) is 20.2. The van der Waals surface area contributed by atoms with Gasteiger partial charge in [-0.15, -0.1) is 0 Å². The summed E-state index contributed by atoms with van der Waals surface area (Å²) in [6.07, 6.45) is 1.41. The van der Waals surface area contributed by atoms with Gasteiger partial charge in [-0.25, -0.2) is 9.97 Å². The summed E-state index contributed by atoms with van der Waals surface area (Å²) in [5, 5.41) is 4.22. The lowest BCUT2D eigenvalue weighted by Gasteiger charge is -2.39. The van der Waals surface area contributed by atoms with Crippen LogP contribution < -0.4 is 20.7 Å². The van der Waals surface area contributed by atoms with Crippen LogP contribution in [0.4, 0.5) is 11.9 Å². The third kappa shape index (κ3) is 4.72. The van der Waals surface area contributed by atoms with Gasteiger partial charge >= 0.3 is 0 Å². The van der Waals surface area contributed by atoms with Crippen molar-refractivity contribution in [2.45, 2.75) is 12.6 Å². The Morgan fingerprint density at radius 2 is 2.03 bits per heavy atom. The van der Waals surface area contributed by atoms with Gasteiger partial charge in [0.2, 0.25) is 17.8 Å². The normalized spacial score (nSPS) is 13.6. The summed E-state index contributed by atoms with van der Waals surface area (Å²) in [5.74, 6) is 1.08. The number of nitrogens with zero attached hydrogens (tertiary/aromatic N) is 4. The molecular formula is C20H18Cl2N6O2. The van der Waals surface area contributed by atoms with Crippen molar-refractivity contribution in [3.05, 3.63) is 70.0 Å². The largest absolute Gasteiger partial charge is 0.485 e. The smallest absolute Gasteiger partial charge is 0.248 e. The zero-order chi connectivity index (χ0) is 21.1. The van der Waals surface area contributed by atoms with E-state index in [1.165, 1.54) is 6.33 Å². The lowest BCUT2D eigenvalue weighted by atomic mass is 10.1. The molecule has 0 spiro atoms. The van der Waals surface area contributed by atoms with E-state index in [-0.39, 0.29) is 6.10 Å². The molecule has 1 saturated heterocycles. The first-order valence-corrected chi connectivity index (χ1v) is 9.92. The molecule has 2 heterocycles. The highest BCUT2D eigenvalue weighted by atomic mass is 35.5. The van der Waals surface area contributed by atoms with Crippen LogP contribution in [0.2, 0.25) is 10.0 Å². The Kier molecular flexibility index (Phi) is 5.87. The maximum Gasteiger partial charge on any atom is 0.248 e. The molecule has 3 N–H and O–H groups in total. The van der Waals surface area contributed by atoms with Crippen molar-refractivity contribution >= 4 is 41.0 Å². The van der Waals surface area contributed by atoms with E-state index in [0.717, 1.165) is 5.56 Å². The molecule has 1 amide bonds. The topological polar surface area (TPSA) is 106 Å². The van der Waals surface area contributed by atoms with E-state index in [9.17, 15) is 4.79 Å². The number of hydrogen-bond acceptors (Lipinski definition) is 7. The average Bonchev–Trinajstić information content (AvgIpc) is 2.71. The van der Waals surface area contributed by atoms with Crippen molar-refractivity contribution in [3.8, 4) is 5.75 Å². The minimum absolute atomic E-state index is 0.0364. The molecule has 0 unspecified atom stereocenters. The second-order valence-electron chi connectivity index (χ2n) is 6.75. The van der Waals surface area contributed by atoms with Crippen LogP contribution in [0.3, 0.4) is 0 Å². The molecule has 1 aromatic heterocycles. The Balaban J connectivity index is 1.34. The predicted octanol–water partition coefficient (Wildman–Crippen LogP) is 3.16. The van der Waals surface area contributed by atoms with Crippen LogP contribution in [0.15, 0.2) is 48.8 Å². The van der Waals surface area contributed by atoms with Gasteiger partial charge < -0.3 is 20.7 Å². The Morgan fingerprint density at radius 3 is 2.83 bits per heavy atom. The van der Waals surface area contributed by atoms with E-state index in [1.54, 1.807) is 36.4 Å². The molecule has 1 fully saturated rings. The fourth-order valence-corrected chi connectivity index (χ4v) is 3.29. The van der Waals surface area contributed by atoms with Crippen molar-refractivity contribution in [1.82, 2.24) is 15.0 Å². The molecule has 10 heteroatoms. The van der Waals surface area contributed by atoms with Gasteiger partial charge in [-0.3, -0.25) is 4.79 Å². The summed E-state index contributed by atoms with van der Waals surface area (Å²) in [6.45, 7) is 1.68. The zero-order valence-electron chi connectivity index (χ0n) is 15.8. The second-order valence-corrected chi connectivity index (χ2v) is 7.59. The van der Waals surface area contributed by atoms with Crippen molar-refractivity contribution in [3.63, 3.8) is 0 Å². The number of carbonyl (C=O) groups is 1. The molecule has 8 nitrogen and oxygen atoms in total. The maximum absolute atomic E-state index is 11.3. The van der Waals surface area contributed by atoms with Crippen LogP contribution in [-0.2, 0) is 6.54 Å². The maximum atomic E-state index is 11.3. The minimum Gasteiger partial charge on any atom is -0.485 e. The molecule has 1 aliphatic rings. The summed E-state index contributed by atoms with van der Waals surface area (Å²) >= 11 is 12.1. The van der Waals surface area contributed by atoms with E-state index in [1.807, 2.05) is 11.0 Å². The number of hydrogen-bond donors (Lipinski definition) is 2. The fourth-order valence-electron chi connectivity index (χ4n) is 2.96. The molecule has 154 valence electrons. The molecule has 2 aromatic carbocycles. The molecule has 0 radical (unpaired) electrons. The number of nitrogens with one attached hydrogen (secondary N) is 1. The number of aromatic nitrogens is 3. The number of amides is 1. The van der Waals surface area contributed by atoms with Crippen molar-refractivity contribution < 1.29 is 9.53 Å². The molecule has 30 heavy (non-hydrogen) atoms. The number of anilines is 2. The van der Waals surface area contributed by atoms with Gasteiger partial charge in [-0.1, -0.05) is 35.3 Å². The number of rotatable bonds is 7. The lowest BCUT2D eigenvalue weighted by molar-refractivity contribution is 0.1000. The first-order chi connectivity index (χ1) is 14.5. The number of nitrogens with two attached hydrogens (primary N) is 1. The summed E-state index contributed by atoms with van der Waals surface area (Å²) in [5.41, 5.74) is 6.67.